The number of aromatic nitrogens is 2. The van der Waals surface area contributed by atoms with Gasteiger partial charge < -0.3 is 14.7 Å². The van der Waals surface area contributed by atoms with Crippen molar-refractivity contribution in [2.75, 3.05) is 19.6 Å². The van der Waals surface area contributed by atoms with Gasteiger partial charge >= 0.3 is 6.03 Å². The Labute approximate surface area is 162 Å². The summed E-state index contributed by atoms with van der Waals surface area (Å²) in [4.78, 5) is 18.4. The molecule has 0 aliphatic carbocycles. The van der Waals surface area contributed by atoms with Crippen LogP contribution in [0.1, 0.15) is 17.4 Å². The molecule has 4 rings (SSSR count). The molecular weight excluding hydrogens is 364 g/mol. The summed E-state index contributed by atoms with van der Waals surface area (Å²) in [5.74, 6) is 1.14. The van der Waals surface area contributed by atoms with E-state index in [4.69, 9.17) is 16.1 Å². The maximum absolute atomic E-state index is 12.2. The van der Waals surface area contributed by atoms with Crippen LogP contribution >= 0.6 is 11.6 Å². The molecule has 3 aromatic rings. The van der Waals surface area contributed by atoms with E-state index in [1.54, 1.807) is 17.0 Å². The normalized spacial score (nSPS) is 14.0. The predicted molar refractivity (Wildman–Crippen MR) is 103 cm³/mol. The number of benzene rings is 2. The van der Waals surface area contributed by atoms with Gasteiger partial charge in [0.25, 0.3) is 0 Å². The molecule has 6 nitrogen and oxygen atoms in total. The lowest BCUT2D eigenvalue weighted by molar-refractivity contribution is 0.137. The van der Waals surface area contributed by atoms with Gasteiger partial charge in [-0.1, -0.05) is 59.2 Å². The smallest absolute Gasteiger partial charge is 0.317 e. The third kappa shape index (κ3) is 4.11. The van der Waals surface area contributed by atoms with Crippen LogP contribution in [0.3, 0.4) is 0 Å². The molecule has 1 N–H and O–H groups in total. The van der Waals surface area contributed by atoms with Crippen LogP contribution in [-0.4, -0.2) is 40.7 Å². The first kappa shape index (κ1) is 17.5. The van der Waals surface area contributed by atoms with E-state index in [2.05, 4.69) is 27.6 Å². The molecule has 0 spiro atoms. The van der Waals surface area contributed by atoms with E-state index in [9.17, 15) is 4.79 Å². The van der Waals surface area contributed by atoms with Gasteiger partial charge in [0.15, 0.2) is 0 Å². The monoisotopic (exact) mass is 382 g/mol. The average Bonchev–Trinajstić information content (AvgIpc) is 3.11. The quantitative estimate of drug-likeness (QED) is 0.729. The molecule has 1 aliphatic rings. The number of rotatable bonds is 5. The molecule has 0 atom stereocenters. The van der Waals surface area contributed by atoms with Crippen molar-refractivity contribution in [2.45, 2.75) is 12.3 Å². The standard InChI is InChI=1S/C20H19ClN4O2/c21-17-8-4-7-15(11-17)18-23-19(27-24-18)16-12-25(13-16)20(26)22-10-9-14-5-2-1-3-6-14/h1-8,11,16H,9-10,12-13H2,(H,22,26). The van der Waals surface area contributed by atoms with E-state index in [1.165, 1.54) is 5.56 Å². The van der Waals surface area contributed by atoms with Gasteiger partial charge in [0, 0.05) is 30.2 Å². The number of carbonyl (C=O) groups excluding carboxylic acids is 1. The summed E-state index contributed by atoms with van der Waals surface area (Å²) in [6.45, 7) is 1.77. The summed E-state index contributed by atoms with van der Waals surface area (Å²) < 4.78 is 5.37. The highest BCUT2D eigenvalue weighted by atomic mass is 35.5. The van der Waals surface area contributed by atoms with Crippen molar-refractivity contribution in [3.8, 4) is 11.4 Å². The molecule has 7 heteroatoms. The molecule has 2 heterocycles. The average molecular weight is 383 g/mol. The van der Waals surface area contributed by atoms with Crippen LogP contribution in [0.15, 0.2) is 59.1 Å². The number of amides is 2. The van der Waals surface area contributed by atoms with Crippen molar-refractivity contribution in [3.05, 3.63) is 71.1 Å². The lowest BCUT2D eigenvalue weighted by Crippen LogP contribution is -2.52. The number of halogens is 1. The highest BCUT2D eigenvalue weighted by Gasteiger charge is 2.35. The maximum atomic E-state index is 12.2. The molecule has 1 aromatic heterocycles. The Kier molecular flexibility index (Phi) is 5.07. The van der Waals surface area contributed by atoms with Gasteiger partial charge in [-0.15, -0.1) is 0 Å². The Morgan fingerprint density at radius 2 is 2.00 bits per heavy atom. The third-order valence-corrected chi connectivity index (χ3v) is 4.81. The first-order valence-electron chi connectivity index (χ1n) is 8.85. The number of nitrogens with zero attached hydrogens (tertiary/aromatic N) is 3. The summed E-state index contributed by atoms with van der Waals surface area (Å²) in [5.41, 5.74) is 2.02. The second-order valence-electron chi connectivity index (χ2n) is 6.54. The minimum atomic E-state index is -0.0586. The highest BCUT2D eigenvalue weighted by molar-refractivity contribution is 6.30. The number of hydrogen-bond donors (Lipinski definition) is 1. The topological polar surface area (TPSA) is 71.3 Å². The number of likely N-dealkylation sites (tertiary alicyclic amines) is 1. The van der Waals surface area contributed by atoms with Gasteiger partial charge in [0.05, 0.1) is 5.92 Å². The zero-order chi connectivity index (χ0) is 18.6. The van der Waals surface area contributed by atoms with Crippen LogP contribution in [0.25, 0.3) is 11.4 Å². The van der Waals surface area contributed by atoms with Crippen molar-refractivity contribution in [1.82, 2.24) is 20.4 Å². The molecule has 1 fully saturated rings. The molecule has 2 amide bonds. The van der Waals surface area contributed by atoms with Crippen molar-refractivity contribution in [2.24, 2.45) is 0 Å². The Bertz CT molecular complexity index is 922. The van der Waals surface area contributed by atoms with Crippen molar-refractivity contribution >= 4 is 17.6 Å². The number of hydrogen-bond acceptors (Lipinski definition) is 4. The van der Waals surface area contributed by atoms with E-state index in [0.717, 1.165) is 12.0 Å². The second kappa shape index (κ2) is 7.80. The maximum Gasteiger partial charge on any atom is 0.317 e. The van der Waals surface area contributed by atoms with Gasteiger partial charge in [0.2, 0.25) is 11.7 Å². The first-order chi connectivity index (χ1) is 13.2. The molecular formula is C20H19ClN4O2. The van der Waals surface area contributed by atoms with Gasteiger partial charge in [-0.3, -0.25) is 0 Å². The van der Waals surface area contributed by atoms with Crippen molar-refractivity contribution in [1.29, 1.82) is 0 Å². The number of urea groups is 1. The fourth-order valence-corrected chi connectivity index (χ4v) is 3.21. The summed E-state index contributed by atoms with van der Waals surface area (Å²) in [6.07, 6.45) is 0.816. The highest BCUT2D eigenvalue weighted by Crippen LogP contribution is 2.28. The van der Waals surface area contributed by atoms with Crippen LogP contribution in [-0.2, 0) is 6.42 Å². The molecule has 138 valence electrons. The van der Waals surface area contributed by atoms with Crippen LogP contribution in [0.4, 0.5) is 4.79 Å². The van der Waals surface area contributed by atoms with Crippen LogP contribution < -0.4 is 5.32 Å². The summed E-state index contributed by atoms with van der Waals surface area (Å²) in [5, 5.41) is 7.59. The lowest BCUT2D eigenvalue weighted by Gasteiger charge is -2.36. The first-order valence-corrected chi connectivity index (χ1v) is 9.23. The van der Waals surface area contributed by atoms with Gasteiger partial charge in [-0.05, 0) is 24.1 Å². The van der Waals surface area contributed by atoms with Crippen molar-refractivity contribution < 1.29 is 9.32 Å². The molecule has 1 saturated heterocycles. The molecule has 2 aromatic carbocycles. The number of carbonyl (C=O) groups is 1. The lowest BCUT2D eigenvalue weighted by atomic mass is 10.0. The van der Waals surface area contributed by atoms with E-state index < -0.39 is 0 Å². The van der Waals surface area contributed by atoms with Gasteiger partial charge in [-0.25, -0.2) is 4.79 Å². The van der Waals surface area contributed by atoms with E-state index in [1.807, 2.05) is 30.3 Å². The molecule has 0 saturated carbocycles. The summed E-state index contributed by atoms with van der Waals surface area (Å²) in [7, 11) is 0. The largest absolute Gasteiger partial charge is 0.339 e. The molecule has 27 heavy (non-hydrogen) atoms. The van der Waals surface area contributed by atoms with Crippen molar-refractivity contribution in [3.63, 3.8) is 0 Å². The van der Waals surface area contributed by atoms with Gasteiger partial charge in [0.1, 0.15) is 0 Å². The Morgan fingerprint density at radius 1 is 1.19 bits per heavy atom. The van der Waals surface area contributed by atoms with Crippen LogP contribution in [0.2, 0.25) is 5.02 Å². The molecule has 0 unspecified atom stereocenters. The SMILES string of the molecule is O=C(NCCc1ccccc1)N1CC(c2nc(-c3cccc(Cl)c3)no2)C1. The Hall–Kier alpha value is -2.86. The zero-order valence-electron chi connectivity index (χ0n) is 14.6. The summed E-state index contributed by atoms with van der Waals surface area (Å²) in [6, 6.07) is 17.4. The fourth-order valence-electron chi connectivity index (χ4n) is 3.02. The minimum Gasteiger partial charge on any atom is -0.339 e. The summed E-state index contributed by atoms with van der Waals surface area (Å²) >= 11 is 6.00. The zero-order valence-corrected chi connectivity index (χ0v) is 15.4. The predicted octanol–water partition coefficient (Wildman–Crippen LogP) is 3.74. The minimum absolute atomic E-state index is 0.0586. The molecule has 0 bridgehead atoms. The number of nitrogens with one attached hydrogen (secondary N) is 1. The Balaban J connectivity index is 1.26. The van der Waals surface area contributed by atoms with Crippen LogP contribution in [0, 0.1) is 0 Å². The molecule has 1 aliphatic heterocycles. The van der Waals surface area contributed by atoms with E-state index in [-0.39, 0.29) is 11.9 Å². The molecule has 0 radical (unpaired) electrons. The van der Waals surface area contributed by atoms with Crippen LogP contribution in [0.5, 0.6) is 0 Å². The van der Waals surface area contributed by atoms with Gasteiger partial charge in [-0.2, -0.15) is 4.98 Å². The van der Waals surface area contributed by atoms with E-state index >= 15 is 0 Å². The second-order valence-corrected chi connectivity index (χ2v) is 6.97. The van der Waals surface area contributed by atoms with E-state index in [0.29, 0.717) is 36.4 Å². The third-order valence-electron chi connectivity index (χ3n) is 4.58. The fraction of sp³-hybridized carbons (Fsp3) is 0.250. The Morgan fingerprint density at radius 3 is 2.78 bits per heavy atom.